The van der Waals surface area contributed by atoms with Crippen LogP contribution in [0.5, 0.6) is 0 Å². The molecular weight excluding hydrogens is 789 g/mol. The highest BCUT2D eigenvalue weighted by Gasteiger charge is 2.43. The lowest BCUT2D eigenvalue weighted by Crippen LogP contribution is -2.27. The molecule has 3 heterocycles. The predicted octanol–water partition coefficient (Wildman–Crippen LogP) is 11.2. The highest BCUT2D eigenvalue weighted by Crippen LogP contribution is 2.58. The van der Waals surface area contributed by atoms with E-state index in [1.807, 2.05) is 24.3 Å². The molecule has 64 heavy (non-hydrogen) atoms. The van der Waals surface area contributed by atoms with Crippen molar-refractivity contribution in [3.8, 4) is 24.3 Å². The van der Waals surface area contributed by atoms with Gasteiger partial charge in [0.05, 0.1) is 22.3 Å². The van der Waals surface area contributed by atoms with E-state index in [0.29, 0.717) is 23.3 Å². The molecule has 6 aromatic carbocycles. The summed E-state index contributed by atoms with van der Waals surface area (Å²) in [7, 11) is 0. The van der Waals surface area contributed by atoms with Crippen molar-refractivity contribution < 1.29 is 0 Å². The van der Waals surface area contributed by atoms with Gasteiger partial charge in [0.25, 0.3) is 0 Å². The molecule has 0 saturated carbocycles. The molecule has 8 aromatic rings. The van der Waals surface area contributed by atoms with Crippen molar-refractivity contribution in [2.24, 2.45) is 0 Å². The van der Waals surface area contributed by atoms with Crippen LogP contribution < -0.4 is 21.3 Å². The second-order valence-corrected chi connectivity index (χ2v) is 16.9. The number of rotatable bonds is 0. The van der Waals surface area contributed by atoms with Crippen LogP contribution in [-0.4, -0.2) is 9.97 Å². The van der Waals surface area contributed by atoms with Gasteiger partial charge in [-0.1, -0.05) is 72.8 Å². The molecule has 15 rings (SSSR count). The van der Waals surface area contributed by atoms with Gasteiger partial charge in [-0.3, -0.25) is 0 Å². The molecule has 0 fully saturated rings. The van der Waals surface area contributed by atoms with Crippen molar-refractivity contribution in [3.63, 3.8) is 0 Å². The summed E-state index contributed by atoms with van der Waals surface area (Å²) in [4.78, 5) is 9.87. The van der Waals surface area contributed by atoms with Gasteiger partial charge in [-0.15, -0.1) is 0 Å². The zero-order chi connectivity index (χ0) is 42.8. The first kappa shape index (κ1) is 35.5. The summed E-state index contributed by atoms with van der Waals surface area (Å²) in [5, 5.41) is 55.3. The van der Waals surface area contributed by atoms with Crippen molar-refractivity contribution in [3.05, 3.63) is 222 Å². The Hall–Kier alpha value is -9.22. The van der Waals surface area contributed by atoms with E-state index in [0.717, 1.165) is 45.0 Å². The van der Waals surface area contributed by atoms with Gasteiger partial charge in [-0.25, -0.2) is 9.97 Å². The maximum Gasteiger partial charge on any atom is 0.150 e. The highest BCUT2D eigenvalue weighted by atomic mass is 15.1. The molecule has 0 amide bonds. The molecule has 0 unspecified atom stereocenters. The molecule has 7 aliphatic rings. The van der Waals surface area contributed by atoms with E-state index >= 15 is 0 Å². The molecule has 10 nitrogen and oxygen atoms in total. The standard InChI is InChI=1S/C54H30N10/c55-23-27-17-29(25-57)53-61-33-11-15-41-45(21-33)50-38-8-4-2-6-36(38)48(41)42-16-12-34(22-46(42)50)62-54-30(26-58)18-28(24-56)52(64-54)60-32-10-14-40-44(20-32)49-37-7-3-1-5-35(37)47(40)39-13-9-31(19-43(39)49)59-51(27)63-53/h1-22,47-50H,(H2,59,61,63)(H2,60,62,64). The number of anilines is 8. The van der Waals surface area contributed by atoms with Gasteiger partial charge < -0.3 is 21.3 Å². The van der Waals surface area contributed by atoms with Crippen molar-refractivity contribution >= 4 is 46.0 Å². The van der Waals surface area contributed by atoms with E-state index in [4.69, 9.17) is 9.97 Å². The quantitative estimate of drug-likeness (QED) is 0.115. The van der Waals surface area contributed by atoms with E-state index < -0.39 is 0 Å². The van der Waals surface area contributed by atoms with Gasteiger partial charge in [-0.05, 0) is 127 Å². The number of pyridine rings is 2. The average Bonchev–Trinajstić information content (AvgIpc) is 3.33. The molecule has 2 aromatic heterocycles. The lowest BCUT2D eigenvalue weighted by atomic mass is 9.61. The number of nitrogens with one attached hydrogen (secondary N) is 4. The predicted molar refractivity (Wildman–Crippen MR) is 243 cm³/mol. The highest BCUT2D eigenvalue weighted by molar-refractivity contribution is 5.79. The topological polar surface area (TPSA) is 169 Å². The van der Waals surface area contributed by atoms with E-state index in [1.165, 1.54) is 44.5 Å². The van der Waals surface area contributed by atoms with Gasteiger partial charge in [0.1, 0.15) is 24.3 Å². The number of fused-ring (bicyclic) bond motifs is 8. The normalized spacial score (nSPS) is 17.8. The minimum Gasteiger partial charge on any atom is -0.339 e. The summed E-state index contributed by atoms with van der Waals surface area (Å²) in [5.74, 6) is 1.13. The van der Waals surface area contributed by atoms with Crippen LogP contribution in [0.3, 0.4) is 0 Å². The number of nitrogens with zero attached hydrogens (tertiary/aromatic N) is 6. The molecule has 16 bridgehead atoms. The van der Waals surface area contributed by atoms with Crippen LogP contribution >= 0.6 is 0 Å². The number of hydrogen-bond donors (Lipinski definition) is 4. The SMILES string of the molecule is N#Cc1cc(C#N)c2nc1Nc1ccc3c(c1)C1c4ccccc4C3c3ccc(cc31)Nc1nc(c(C#N)cc1C#N)Nc1ccc3c(c1)C1c4ccccc4C3c3ccc(cc31)N2. The number of hydrogen-bond acceptors (Lipinski definition) is 10. The summed E-state index contributed by atoms with van der Waals surface area (Å²) in [6.07, 6.45) is 0. The van der Waals surface area contributed by atoms with Crippen molar-refractivity contribution in [1.82, 2.24) is 9.97 Å². The first-order chi connectivity index (χ1) is 31.5. The Bertz CT molecular complexity index is 3200. The van der Waals surface area contributed by atoms with Gasteiger partial charge in [-0.2, -0.15) is 21.0 Å². The lowest BCUT2D eigenvalue weighted by molar-refractivity contribution is 0.755. The Balaban J connectivity index is 1.02. The molecule has 296 valence electrons. The monoisotopic (exact) mass is 818 g/mol. The zero-order valence-electron chi connectivity index (χ0n) is 33.7. The van der Waals surface area contributed by atoms with Crippen molar-refractivity contribution in [1.29, 1.82) is 21.0 Å². The summed E-state index contributed by atoms with van der Waals surface area (Å²) in [6, 6.07) is 54.7. The molecule has 6 aliphatic carbocycles. The van der Waals surface area contributed by atoms with Gasteiger partial charge >= 0.3 is 0 Å². The first-order valence-electron chi connectivity index (χ1n) is 21.0. The molecule has 0 radical (unpaired) electrons. The molecule has 10 heteroatoms. The fraction of sp³-hybridized carbons (Fsp3) is 0.0741. The van der Waals surface area contributed by atoms with Crippen LogP contribution in [0.4, 0.5) is 46.0 Å². The van der Waals surface area contributed by atoms with Crippen LogP contribution in [0.1, 0.15) is 113 Å². The fourth-order valence-electron chi connectivity index (χ4n) is 11.0. The summed E-state index contributed by atoms with van der Waals surface area (Å²) in [6.45, 7) is 0. The largest absolute Gasteiger partial charge is 0.339 e. The zero-order valence-corrected chi connectivity index (χ0v) is 33.7. The summed E-state index contributed by atoms with van der Waals surface area (Å²) < 4.78 is 0. The third kappa shape index (κ3) is 4.97. The molecule has 1 aliphatic heterocycles. The fourth-order valence-corrected chi connectivity index (χ4v) is 11.0. The van der Waals surface area contributed by atoms with Crippen molar-refractivity contribution in [2.75, 3.05) is 21.3 Å². The minimum atomic E-state index is -0.112. The summed E-state index contributed by atoms with van der Waals surface area (Å²) in [5.41, 5.74) is 18.4. The van der Waals surface area contributed by atoms with E-state index in [2.05, 4.69) is 143 Å². The Morgan fingerprint density at radius 2 is 0.531 bits per heavy atom. The van der Waals surface area contributed by atoms with Crippen LogP contribution in [0.2, 0.25) is 0 Å². The van der Waals surface area contributed by atoms with Crippen LogP contribution in [-0.2, 0) is 0 Å². The second-order valence-electron chi connectivity index (χ2n) is 16.9. The Kier molecular flexibility index (Phi) is 7.29. The van der Waals surface area contributed by atoms with Gasteiger partial charge in [0.2, 0.25) is 0 Å². The van der Waals surface area contributed by atoms with Crippen LogP contribution in [0.15, 0.2) is 133 Å². The molecule has 0 atom stereocenters. The molecule has 0 saturated heterocycles. The molecule has 4 N–H and O–H groups in total. The van der Waals surface area contributed by atoms with E-state index in [9.17, 15) is 21.0 Å². The third-order valence-corrected chi connectivity index (χ3v) is 13.6. The third-order valence-electron chi connectivity index (χ3n) is 13.6. The minimum absolute atomic E-state index is 0.00651. The first-order valence-corrected chi connectivity index (χ1v) is 21.0. The Morgan fingerprint density at radius 1 is 0.297 bits per heavy atom. The van der Waals surface area contributed by atoms with Gasteiger partial charge in [0.15, 0.2) is 23.3 Å². The van der Waals surface area contributed by atoms with E-state index in [-0.39, 0.29) is 45.9 Å². The second kappa shape index (κ2) is 13.1. The molecular formula is C54H30N10. The van der Waals surface area contributed by atoms with E-state index in [1.54, 1.807) is 12.1 Å². The summed E-state index contributed by atoms with van der Waals surface area (Å²) >= 11 is 0. The van der Waals surface area contributed by atoms with Crippen LogP contribution in [0, 0.1) is 45.3 Å². The Morgan fingerprint density at radius 3 is 0.781 bits per heavy atom. The lowest BCUT2D eigenvalue weighted by Gasteiger charge is -2.42. The maximum atomic E-state index is 10.4. The molecule has 0 spiro atoms. The van der Waals surface area contributed by atoms with Crippen molar-refractivity contribution in [2.45, 2.75) is 23.7 Å². The van der Waals surface area contributed by atoms with Crippen LogP contribution in [0.25, 0.3) is 0 Å². The maximum absolute atomic E-state index is 10.4. The Labute approximate surface area is 367 Å². The number of nitriles is 4. The smallest absolute Gasteiger partial charge is 0.150 e. The number of benzene rings is 6. The average molecular weight is 819 g/mol. The number of aromatic nitrogens is 2. The van der Waals surface area contributed by atoms with Gasteiger partial charge in [0, 0.05) is 46.4 Å².